The van der Waals surface area contributed by atoms with Gasteiger partial charge in [0.2, 0.25) is 0 Å². The van der Waals surface area contributed by atoms with Crippen molar-refractivity contribution in [1.29, 1.82) is 0 Å². The maximum atomic E-state index is 11.9. The summed E-state index contributed by atoms with van der Waals surface area (Å²) in [6, 6.07) is 1.12. The second-order valence-electron chi connectivity index (χ2n) is 4.76. The average Bonchev–Trinajstić information content (AvgIpc) is 2.76. The zero-order chi connectivity index (χ0) is 16.4. The second kappa shape index (κ2) is 6.78. The Balaban J connectivity index is 2.41. The molecule has 3 N–H and O–H groups in total. The average molecular weight is 335 g/mol. The lowest BCUT2D eigenvalue weighted by Gasteiger charge is -2.19. The van der Waals surface area contributed by atoms with E-state index in [9.17, 15) is 19.3 Å². The van der Waals surface area contributed by atoms with Gasteiger partial charge < -0.3 is 14.6 Å². The molecular weight excluding hydrogens is 319 g/mol. The van der Waals surface area contributed by atoms with Crippen molar-refractivity contribution in [3.8, 4) is 0 Å². The molecule has 2 rings (SSSR count). The van der Waals surface area contributed by atoms with Gasteiger partial charge in [-0.25, -0.2) is 4.79 Å². The SMILES string of the molecule is COC1C(O[P+](=O)O)C([C@@H](C)O)OC1n1ccc(=O)[nH]c1=O. The molecule has 6 atom stereocenters. The molecule has 1 saturated heterocycles. The molecule has 0 saturated carbocycles. The number of ether oxygens (including phenoxy) is 2. The van der Waals surface area contributed by atoms with Crippen LogP contribution in [-0.4, -0.2) is 51.1 Å². The molecule has 122 valence electrons. The molecule has 0 amide bonds. The summed E-state index contributed by atoms with van der Waals surface area (Å²) in [6.07, 6.45) is -3.86. The van der Waals surface area contributed by atoms with E-state index in [1.807, 2.05) is 0 Å². The van der Waals surface area contributed by atoms with E-state index in [-0.39, 0.29) is 0 Å². The molecule has 0 bridgehead atoms. The molecule has 1 aliphatic heterocycles. The maximum absolute atomic E-state index is 11.9. The van der Waals surface area contributed by atoms with Crippen molar-refractivity contribution in [2.24, 2.45) is 0 Å². The fraction of sp³-hybridized carbons (Fsp3) is 0.636. The van der Waals surface area contributed by atoms with Gasteiger partial charge in [0.15, 0.2) is 12.3 Å². The molecule has 11 heteroatoms. The lowest BCUT2D eigenvalue weighted by Crippen LogP contribution is -2.40. The number of aliphatic hydroxyl groups excluding tert-OH is 1. The van der Waals surface area contributed by atoms with Crippen LogP contribution in [0.1, 0.15) is 13.2 Å². The van der Waals surface area contributed by atoms with Crippen molar-refractivity contribution in [2.45, 2.75) is 37.6 Å². The fourth-order valence-electron chi connectivity index (χ4n) is 2.38. The van der Waals surface area contributed by atoms with Crippen LogP contribution in [0.25, 0.3) is 0 Å². The standard InChI is InChI=1S/C11H15N2O8P/c1-5(14)7-8(21-22(17)18)9(19-2)10(20-7)13-4-3-6(15)12-11(13)16/h3-5,7-10,14H,1-2H3,(H-,12,15,16,17,18)/p+1/t5-,7?,8?,9?,10?/m1/s1. The van der Waals surface area contributed by atoms with Crippen molar-refractivity contribution in [1.82, 2.24) is 9.55 Å². The van der Waals surface area contributed by atoms with E-state index >= 15 is 0 Å². The molecule has 1 fully saturated rings. The van der Waals surface area contributed by atoms with E-state index in [2.05, 4.69) is 4.98 Å². The number of aliphatic hydroxyl groups is 1. The van der Waals surface area contributed by atoms with Crippen LogP contribution in [0.4, 0.5) is 0 Å². The van der Waals surface area contributed by atoms with Crippen LogP contribution in [-0.2, 0) is 18.6 Å². The molecule has 0 aliphatic carbocycles. The highest BCUT2D eigenvalue weighted by molar-refractivity contribution is 7.32. The first kappa shape index (κ1) is 16.9. The van der Waals surface area contributed by atoms with Crippen LogP contribution in [0.3, 0.4) is 0 Å². The molecule has 1 aromatic heterocycles. The molecule has 0 aromatic carbocycles. The van der Waals surface area contributed by atoms with Crippen LogP contribution >= 0.6 is 8.25 Å². The summed E-state index contributed by atoms with van der Waals surface area (Å²) in [6.45, 7) is 1.41. The van der Waals surface area contributed by atoms with Crippen LogP contribution in [0, 0.1) is 0 Å². The number of H-pyrrole nitrogens is 1. The van der Waals surface area contributed by atoms with Gasteiger partial charge in [-0.3, -0.25) is 14.3 Å². The zero-order valence-electron chi connectivity index (χ0n) is 11.8. The Kier molecular flexibility index (Phi) is 5.22. The van der Waals surface area contributed by atoms with Gasteiger partial charge in [0.05, 0.1) is 6.10 Å². The van der Waals surface area contributed by atoms with Gasteiger partial charge in [0, 0.05) is 23.9 Å². The molecule has 0 radical (unpaired) electrons. The Labute approximate surface area is 125 Å². The lowest BCUT2D eigenvalue weighted by molar-refractivity contribution is -0.0817. The molecule has 0 spiro atoms. The van der Waals surface area contributed by atoms with Gasteiger partial charge in [-0.15, -0.1) is 9.42 Å². The highest BCUT2D eigenvalue weighted by Crippen LogP contribution is 2.37. The number of nitrogens with one attached hydrogen (secondary N) is 1. The summed E-state index contributed by atoms with van der Waals surface area (Å²) in [5, 5.41) is 9.74. The summed E-state index contributed by atoms with van der Waals surface area (Å²) in [5.74, 6) is 0. The predicted molar refractivity (Wildman–Crippen MR) is 72.4 cm³/mol. The summed E-state index contributed by atoms with van der Waals surface area (Å²) in [7, 11) is -1.65. The smallest absolute Gasteiger partial charge is 0.391 e. The largest absolute Gasteiger partial charge is 0.695 e. The Morgan fingerprint density at radius 1 is 1.45 bits per heavy atom. The molecule has 1 aliphatic rings. The summed E-state index contributed by atoms with van der Waals surface area (Å²) < 4.78 is 27.6. The van der Waals surface area contributed by atoms with Crippen molar-refractivity contribution < 1.29 is 28.6 Å². The highest BCUT2D eigenvalue weighted by atomic mass is 31.1. The van der Waals surface area contributed by atoms with Crippen LogP contribution in [0.5, 0.6) is 0 Å². The first-order chi connectivity index (χ1) is 10.3. The first-order valence-electron chi connectivity index (χ1n) is 6.36. The lowest BCUT2D eigenvalue weighted by atomic mass is 10.1. The maximum Gasteiger partial charge on any atom is 0.695 e. The van der Waals surface area contributed by atoms with Gasteiger partial charge in [-0.1, -0.05) is 0 Å². The Hall–Kier alpha value is -1.42. The minimum absolute atomic E-state index is 0.577. The number of hydrogen-bond acceptors (Lipinski definition) is 7. The Morgan fingerprint density at radius 2 is 2.14 bits per heavy atom. The number of aromatic nitrogens is 2. The van der Waals surface area contributed by atoms with Crippen LogP contribution in [0.15, 0.2) is 21.9 Å². The third-order valence-corrected chi connectivity index (χ3v) is 3.73. The molecular formula is C11H16N2O8P+. The van der Waals surface area contributed by atoms with E-state index in [1.165, 1.54) is 20.2 Å². The zero-order valence-corrected chi connectivity index (χ0v) is 12.7. The minimum Gasteiger partial charge on any atom is -0.391 e. The van der Waals surface area contributed by atoms with E-state index in [0.29, 0.717) is 0 Å². The Morgan fingerprint density at radius 3 is 2.64 bits per heavy atom. The number of aromatic amines is 1. The quantitative estimate of drug-likeness (QED) is 0.574. The Bertz CT molecular complexity index is 656. The van der Waals surface area contributed by atoms with Gasteiger partial charge in [-0.05, 0) is 6.92 Å². The molecule has 22 heavy (non-hydrogen) atoms. The summed E-state index contributed by atoms with van der Waals surface area (Å²) >= 11 is 0. The van der Waals surface area contributed by atoms with Crippen molar-refractivity contribution in [3.63, 3.8) is 0 Å². The second-order valence-corrected chi connectivity index (χ2v) is 5.44. The van der Waals surface area contributed by atoms with E-state index in [0.717, 1.165) is 10.6 Å². The van der Waals surface area contributed by atoms with E-state index < -0.39 is 50.1 Å². The number of hydrogen-bond donors (Lipinski definition) is 3. The van der Waals surface area contributed by atoms with Crippen molar-refractivity contribution in [3.05, 3.63) is 33.1 Å². The van der Waals surface area contributed by atoms with Gasteiger partial charge in [-0.2, -0.15) is 0 Å². The molecule has 5 unspecified atom stereocenters. The predicted octanol–water partition coefficient (Wildman–Crippen LogP) is -1.14. The molecule has 1 aromatic rings. The third-order valence-electron chi connectivity index (χ3n) is 3.31. The minimum atomic E-state index is -2.96. The number of nitrogens with zero attached hydrogens (tertiary/aromatic N) is 1. The first-order valence-corrected chi connectivity index (χ1v) is 7.49. The number of rotatable bonds is 5. The summed E-state index contributed by atoms with van der Waals surface area (Å²) in [5.41, 5.74) is -1.32. The monoisotopic (exact) mass is 335 g/mol. The normalized spacial score (nSPS) is 30.3. The van der Waals surface area contributed by atoms with E-state index in [4.69, 9.17) is 18.9 Å². The molecule has 10 nitrogen and oxygen atoms in total. The molecule has 2 heterocycles. The van der Waals surface area contributed by atoms with Gasteiger partial charge in [0.1, 0.15) is 12.2 Å². The van der Waals surface area contributed by atoms with Crippen molar-refractivity contribution >= 4 is 8.25 Å². The van der Waals surface area contributed by atoms with Crippen LogP contribution < -0.4 is 11.2 Å². The highest BCUT2D eigenvalue weighted by Gasteiger charge is 2.52. The third kappa shape index (κ3) is 3.32. The van der Waals surface area contributed by atoms with Gasteiger partial charge in [0.25, 0.3) is 5.56 Å². The fourth-order valence-corrected chi connectivity index (χ4v) is 2.83. The van der Waals surface area contributed by atoms with Crippen LogP contribution in [0.2, 0.25) is 0 Å². The summed E-state index contributed by atoms with van der Waals surface area (Å²) in [4.78, 5) is 34.0. The number of methoxy groups -OCH3 is 1. The van der Waals surface area contributed by atoms with E-state index in [1.54, 1.807) is 0 Å². The topological polar surface area (TPSA) is 140 Å². The van der Waals surface area contributed by atoms with Crippen molar-refractivity contribution in [2.75, 3.05) is 7.11 Å². The van der Waals surface area contributed by atoms with Gasteiger partial charge >= 0.3 is 13.9 Å².